The molecule has 2 heterocycles. The summed E-state index contributed by atoms with van der Waals surface area (Å²) in [7, 11) is 0. The second kappa shape index (κ2) is 3.75. The van der Waals surface area contributed by atoms with E-state index in [9.17, 15) is 0 Å². The highest BCUT2D eigenvalue weighted by Gasteiger charge is 2.20. The maximum atomic E-state index is 5.65. The standard InChI is InChI=1S/C9H9ClN2O/c10-5-8-4-9(12-13-8)7-2-1-3-11-6-7/h1-3,6,8H,4-5H2. The lowest BCUT2D eigenvalue weighted by Crippen LogP contribution is -2.09. The zero-order valence-electron chi connectivity index (χ0n) is 6.98. The van der Waals surface area contributed by atoms with Crippen LogP contribution in [0.25, 0.3) is 0 Å². The minimum Gasteiger partial charge on any atom is -0.391 e. The first kappa shape index (κ1) is 8.51. The van der Waals surface area contributed by atoms with Crippen molar-refractivity contribution in [2.24, 2.45) is 5.16 Å². The highest BCUT2D eigenvalue weighted by Crippen LogP contribution is 2.16. The molecule has 0 aromatic carbocycles. The fraction of sp³-hybridized carbons (Fsp3) is 0.333. The smallest absolute Gasteiger partial charge is 0.146 e. The fourth-order valence-corrected chi connectivity index (χ4v) is 1.38. The highest BCUT2D eigenvalue weighted by atomic mass is 35.5. The van der Waals surface area contributed by atoms with E-state index in [2.05, 4.69) is 10.1 Å². The van der Waals surface area contributed by atoms with Gasteiger partial charge in [-0.3, -0.25) is 4.98 Å². The van der Waals surface area contributed by atoms with Crippen LogP contribution >= 0.6 is 11.6 Å². The Labute approximate surface area is 81.4 Å². The third-order valence-corrected chi connectivity index (χ3v) is 2.24. The van der Waals surface area contributed by atoms with Crippen molar-refractivity contribution in [1.82, 2.24) is 4.98 Å². The van der Waals surface area contributed by atoms with Gasteiger partial charge in [0, 0.05) is 24.4 Å². The number of aromatic nitrogens is 1. The van der Waals surface area contributed by atoms with Crippen molar-refractivity contribution in [2.75, 3.05) is 5.88 Å². The van der Waals surface area contributed by atoms with Crippen LogP contribution in [0.4, 0.5) is 0 Å². The van der Waals surface area contributed by atoms with E-state index in [1.54, 1.807) is 12.4 Å². The third-order valence-electron chi connectivity index (χ3n) is 1.90. The van der Waals surface area contributed by atoms with Gasteiger partial charge in [0.2, 0.25) is 0 Å². The molecule has 0 saturated carbocycles. The van der Waals surface area contributed by atoms with Crippen molar-refractivity contribution in [3.05, 3.63) is 30.1 Å². The Morgan fingerprint density at radius 2 is 2.54 bits per heavy atom. The molecule has 1 aromatic heterocycles. The molecule has 2 rings (SSSR count). The average Bonchev–Trinajstić information content (AvgIpc) is 2.67. The Bertz CT molecular complexity index is 313. The summed E-state index contributed by atoms with van der Waals surface area (Å²) in [4.78, 5) is 9.11. The summed E-state index contributed by atoms with van der Waals surface area (Å²) in [6.07, 6.45) is 4.31. The lowest BCUT2D eigenvalue weighted by Gasteiger charge is -2.00. The Hall–Kier alpha value is -1.09. The van der Waals surface area contributed by atoms with Crippen molar-refractivity contribution >= 4 is 17.3 Å². The van der Waals surface area contributed by atoms with Crippen LogP contribution in [0.5, 0.6) is 0 Å². The number of hydrogen-bond donors (Lipinski definition) is 0. The van der Waals surface area contributed by atoms with Crippen LogP contribution in [0, 0.1) is 0 Å². The summed E-state index contributed by atoms with van der Waals surface area (Å²) in [5.74, 6) is 0.479. The second-order valence-electron chi connectivity index (χ2n) is 2.87. The van der Waals surface area contributed by atoms with Crippen LogP contribution in [-0.4, -0.2) is 22.7 Å². The molecule has 3 nitrogen and oxygen atoms in total. The molecule has 0 amide bonds. The van der Waals surface area contributed by atoms with Crippen molar-refractivity contribution in [2.45, 2.75) is 12.5 Å². The summed E-state index contributed by atoms with van der Waals surface area (Å²) in [6, 6.07) is 3.84. The number of halogens is 1. The first-order chi connectivity index (χ1) is 6.40. The highest BCUT2D eigenvalue weighted by molar-refractivity contribution is 6.18. The summed E-state index contributed by atoms with van der Waals surface area (Å²) in [5.41, 5.74) is 1.94. The van der Waals surface area contributed by atoms with Gasteiger partial charge >= 0.3 is 0 Å². The molecule has 1 aliphatic heterocycles. The van der Waals surface area contributed by atoms with Gasteiger partial charge in [-0.25, -0.2) is 0 Å². The molecule has 13 heavy (non-hydrogen) atoms. The molecule has 4 heteroatoms. The Kier molecular flexibility index (Phi) is 2.45. The fourth-order valence-electron chi connectivity index (χ4n) is 1.22. The van der Waals surface area contributed by atoms with E-state index < -0.39 is 0 Å². The molecule has 1 atom stereocenters. The van der Waals surface area contributed by atoms with Crippen LogP contribution < -0.4 is 0 Å². The molecule has 1 aromatic rings. The lowest BCUT2D eigenvalue weighted by atomic mass is 10.1. The first-order valence-corrected chi connectivity index (χ1v) is 4.62. The maximum Gasteiger partial charge on any atom is 0.146 e. The van der Waals surface area contributed by atoms with E-state index in [0.717, 1.165) is 17.7 Å². The summed E-state index contributed by atoms with van der Waals surface area (Å²) >= 11 is 5.65. The molecule has 1 aliphatic rings. The predicted octanol–water partition coefficient (Wildman–Crippen LogP) is 1.81. The van der Waals surface area contributed by atoms with E-state index in [1.807, 2.05) is 12.1 Å². The number of alkyl halides is 1. The molecule has 0 saturated heterocycles. The van der Waals surface area contributed by atoms with Gasteiger partial charge in [0.05, 0.1) is 11.6 Å². The molecule has 0 radical (unpaired) electrons. The zero-order valence-corrected chi connectivity index (χ0v) is 7.74. The van der Waals surface area contributed by atoms with Gasteiger partial charge in [0.25, 0.3) is 0 Å². The SMILES string of the molecule is ClCC1CC(c2cccnc2)=NO1. The van der Waals surface area contributed by atoms with Gasteiger partial charge in [0.1, 0.15) is 6.10 Å². The summed E-state index contributed by atoms with van der Waals surface area (Å²) in [6.45, 7) is 0. The quantitative estimate of drug-likeness (QED) is 0.677. The van der Waals surface area contributed by atoms with Crippen LogP contribution in [0.15, 0.2) is 29.7 Å². The summed E-state index contributed by atoms with van der Waals surface area (Å²) < 4.78 is 0. The minimum atomic E-state index is 0.0249. The lowest BCUT2D eigenvalue weighted by molar-refractivity contribution is 0.102. The molecule has 0 bridgehead atoms. The number of nitrogens with zero attached hydrogens (tertiary/aromatic N) is 2. The van der Waals surface area contributed by atoms with Crippen LogP contribution in [0.3, 0.4) is 0 Å². The summed E-state index contributed by atoms with van der Waals surface area (Å²) in [5, 5.41) is 3.95. The second-order valence-corrected chi connectivity index (χ2v) is 3.17. The molecule has 0 N–H and O–H groups in total. The topological polar surface area (TPSA) is 34.5 Å². The molecular weight excluding hydrogens is 188 g/mol. The van der Waals surface area contributed by atoms with E-state index >= 15 is 0 Å². The van der Waals surface area contributed by atoms with Gasteiger partial charge in [-0.05, 0) is 12.1 Å². The number of rotatable bonds is 2. The van der Waals surface area contributed by atoms with Crippen molar-refractivity contribution in [3.63, 3.8) is 0 Å². The average molecular weight is 197 g/mol. The van der Waals surface area contributed by atoms with Gasteiger partial charge in [-0.15, -0.1) is 11.6 Å². The molecule has 0 spiro atoms. The first-order valence-electron chi connectivity index (χ1n) is 4.09. The van der Waals surface area contributed by atoms with Gasteiger partial charge in [0.15, 0.2) is 0 Å². The number of hydrogen-bond acceptors (Lipinski definition) is 3. The van der Waals surface area contributed by atoms with Crippen molar-refractivity contribution < 1.29 is 4.84 Å². The zero-order chi connectivity index (χ0) is 9.10. The molecule has 1 unspecified atom stereocenters. The van der Waals surface area contributed by atoms with Gasteiger partial charge in [-0.2, -0.15) is 0 Å². The molecule has 68 valence electrons. The van der Waals surface area contributed by atoms with Gasteiger partial charge < -0.3 is 4.84 Å². The normalized spacial score (nSPS) is 21.0. The number of oxime groups is 1. The van der Waals surface area contributed by atoms with Crippen molar-refractivity contribution in [3.8, 4) is 0 Å². The Morgan fingerprint density at radius 1 is 1.62 bits per heavy atom. The van der Waals surface area contributed by atoms with E-state index in [1.165, 1.54) is 0 Å². The van der Waals surface area contributed by atoms with Crippen LogP contribution in [0.2, 0.25) is 0 Å². The van der Waals surface area contributed by atoms with Crippen LogP contribution in [-0.2, 0) is 4.84 Å². The predicted molar refractivity (Wildman–Crippen MR) is 51.0 cm³/mol. The van der Waals surface area contributed by atoms with Crippen LogP contribution in [0.1, 0.15) is 12.0 Å². The maximum absolute atomic E-state index is 5.65. The molecule has 0 fully saturated rings. The van der Waals surface area contributed by atoms with E-state index in [4.69, 9.17) is 16.4 Å². The van der Waals surface area contributed by atoms with Gasteiger partial charge in [-0.1, -0.05) is 5.16 Å². The number of pyridine rings is 1. The largest absolute Gasteiger partial charge is 0.391 e. The molecular formula is C9H9ClN2O. The van der Waals surface area contributed by atoms with E-state index in [0.29, 0.717) is 5.88 Å². The van der Waals surface area contributed by atoms with E-state index in [-0.39, 0.29) is 6.10 Å². The van der Waals surface area contributed by atoms with Crippen molar-refractivity contribution in [1.29, 1.82) is 0 Å². The molecule has 0 aliphatic carbocycles. The Morgan fingerprint density at radius 3 is 3.15 bits per heavy atom. The Balaban J connectivity index is 2.12. The monoisotopic (exact) mass is 196 g/mol. The third kappa shape index (κ3) is 1.80. The minimum absolute atomic E-state index is 0.0249.